The first-order valence-electron chi connectivity index (χ1n) is 8.26. The number of nitrogens with zero attached hydrogens (tertiary/aromatic N) is 1. The van der Waals surface area contributed by atoms with Gasteiger partial charge in [0.05, 0.1) is 0 Å². The van der Waals surface area contributed by atoms with Crippen LogP contribution in [0.4, 0.5) is 0 Å². The summed E-state index contributed by atoms with van der Waals surface area (Å²) in [6.45, 7) is 5.82. The SMILES string of the molecule is CCC1CCN(C2(CN)CCCCCCC2)CC1. The molecule has 0 bridgehead atoms. The van der Waals surface area contributed by atoms with Crippen molar-refractivity contribution < 1.29 is 0 Å². The Bertz CT molecular complexity index is 223. The Hall–Kier alpha value is -0.0800. The molecule has 2 heteroatoms. The lowest BCUT2D eigenvalue weighted by Gasteiger charge is -2.48. The molecule has 1 saturated carbocycles. The molecule has 2 fully saturated rings. The Kier molecular flexibility index (Phi) is 5.50. The molecule has 2 nitrogen and oxygen atoms in total. The van der Waals surface area contributed by atoms with Crippen molar-refractivity contribution in [1.82, 2.24) is 4.90 Å². The van der Waals surface area contributed by atoms with E-state index in [9.17, 15) is 0 Å². The summed E-state index contributed by atoms with van der Waals surface area (Å²) < 4.78 is 0. The standard InChI is InChI=1S/C16H32N2/c1-2-15-8-12-18(13-9-15)16(14-17)10-6-4-3-5-7-11-16/h15H,2-14,17H2,1H3. The second-order valence-corrected chi connectivity index (χ2v) is 6.53. The van der Waals surface area contributed by atoms with Crippen LogP contribution in [0.15, 0.2) is 0 Å². The van der Waals surface area contributed by atoms with Crippen molar-refractivity contribution in [2.75, 3.05) is 19.6 Å². The van der Waals surface area contributed by atoms with Crippen LogP contribution in [-0.4, -0.2) is 30.1 Å². The van der Waals surface area contributed by atoms with Crippen LogP contribution in [0.3, 0.4) is 0 Å². The summed E-state index contributed by atoms with van der Waals surface area (Å²) in [6, 6.07) is 0. The summed E-state index contributed by atoms with van der Waals surface area (Å²) in [7, 11) is 0. The third kappa shape index (κ3) is 3.27. The van der Waals surface area contributed by atoms with E-state index in [4.69, 9.17) is 5.73 Å². The van der Waals surface area contributed by atoms with Gasteiger partial charge in [0.25, 0.3) is 0 Å². The number of rotatable bonds is 3. The Morgan fingerprint density at radius 1 is 1.00 bits per heavy atom. The van der Waals surface area contributed by atoms with E-state index in [1.165, 1.54) is 77.3 Å². The van der Waals surface area contributed by atoms with Gasteiger partial charge in [-0.05, 0) is 44.7 Å². The van der Waals surface area contributed by atoms with Gasteiger partial charge in [-0.1, -0.05) is 45.4 Å². The van der Waals surface area contributed by atoms with E-state index >= 15 is 0 Å². The lowest BCUT2D eigenvalue weighted by atomic mass is 9.80. The Balaban J connectivity index is 1.97. The minimum absolute atomic E-state index is 0.360. The van der Waals surface area contributed by atoms with Crippen LogP contribution < -0.4 is 5.73 Å². The van der Waals surface area contributed by atoms with E-state index in [0.717, 1.165) is 12.5 Å². The fourth-order valence-corrected chi connectivity index (χ4v) is 4.03. The van der Waals surface area contributed by atoms with Crippen molar-refractivity contribution in [2.45, 2.75) is 76.7 Å². The molecule has 0 spiro atoms. The summed E-state index contributed by atoms with van der Waals surface area (Å²) in [5, 5.41) is 0. The average Bonchev–Trinajstić information content (AvgIpc) is 2.40. The minimum atomic E-state index is 0.360. The zero-order valence-corrected chi connectivity index (χ0v) is 12.3. The predicted molar refractivity (Wildman–Crippen MR) is 78.7 cm³/mol. The zero-order chi connectivity index (χ0) is 12.8. The van der Waals surface area contributed by atoms with Gasteiger partial charge in [0, 0.05) is 12.1 Å². The maximum absolute atomic E-state index is 6.22. The van der Waals surface area contributed by atoms with Gasteiger partial charge in [0.1, 0.15) is 0 Å². The smallest absolute Gasteiger partial charge is 0.0331 e. The van der Waals surface area contributed by atoms with Gasteiger partial charge in [0.2, 0.25) is 0 Å². The maximum atomic E-state index is 6.22. The summed E-state index contributed by atoms with van der Waals surface area (Å²) in [5.41, 5.74) is 6.58. The lowest BCUT2D eigenvalue weighted by molar-refractivity contribution is 0.0339. The molecule has 0 radical (unpaired) electrons. The largest absolute Gasteiger partial charge is 0.329 e. The summed E-state index contributed by atoms with van der Waals surface area (Å²) in [5.74, 6) is 0.977. The van der Waals surface area contributed by atoms with Gasteiger partial charge < -0.3 is 5.73 Å². The molecule has 1 aliphatic heterocycles. The van der Waals surface area contributed by atoms with Crippen LogP contribution in [-0.2, 0) is 0 Å². The molecule has 0 aromatic carbocycles. The van der Waals surface area contributed by atoms with E-state index in [1.54, 1.807) is 0 Å². The highest BCUT2D eigenvalue weighted by molar-refractivity contribution is 4.94. The van der Waals surface area contributed by atoms with Crippen molar-refractivity contribution in [1.29, 1.82) is 0 Å². The third-order valence-electron chi connectivity index (χ3n) is 5.53. The fraction of sp³-hybridized carbons (Fsp3) is 1.00. The van der Waals surface area contributed by atoms with Crippen LogP contribution >= 0.6 is 0 Å². The van der Waals surface area contributed by atoms with Crippen LogP contribution in [0, 0.1) is 5.92 Å². The molecule has 0 amide bonds. The van der Waals surface area contributed by atoms with Gasteiger partial charge in [0.15, 0.2) is 0 Å². The third-order valence-corrected chi connectivity index (χ3v) is 5.53. The highest BCUT2D eigenvalue weighted by Gasteiger charge is 2.36. The quantitative estimate of drug-likeness (QED) is 0.832. The van der Waals surface area contributed by atoms with Crippen LogP contribution in [0.1, 0.15) is 71.1 Å². The Morgan fingerprint density at radius 2 is 1.56 bits per heavy atom. The molecule has 1 aliphatic carbocycles. The molecule has 0 atom stereocenters. The molecular weight excluding hydrogens is 220 g/mol. The number of likely N-dealkylation sites (tertiary alicyclic amines) is 1. The molecule has 2 aliphatic rings. The molecule has 0 aromatic rings. The Morgan fingerprint density at radius 3 is 2.06 bits per heavy atom. The monoisotopic (exact) mass is 252 g/mol. The maximum Gasteiger partial charge on any atom is 0.0331 e. The fourth-order valence-electron chi connectivity index (χ4n) is 4.03. The number of piperidine rings is 1. The van der Waals surface area contributed by atoms with Gasteiger partial charge in [-0.3, -0.25) is 4.90 Å². The van der Waals surface area contributed by atoms with Crippen LogP contribution in [0.25, 0.3) is 0 Å². The summed E-state index contributed by atoms with van der Waals surface area (Å²) in [4.78, 5) is 2.77. The number of hydrogen-bond acceptors (Lipinski definition) is 2. The molecule has 1 saturated heterocycles. The zero-order valence-electron chi connectivity index (χ0n) is 12.3. The highest BCUT2D eigenvalue weighted by atomic mass is 15.2. The highest BCUT2D eigenvalue weighted by Crippen LogP contribution is 2.34. The van der Waals surface area contributed by atoms with E-state index in [2.05, 4.69) is 11.8 Å². The summed E-state index contributed by atoms with van der Waals surface area (Å²) >= 11 is 0. The van der Waals surface area contributed by atoms with Crippen molar-refractivity contribution in [3.05, 3.63) is 0 Å². The van der Waals surface area contributed by atoms with E-state index in [0.29, 0.717) is 5.54 Å². The van der Waals surface area contributed by atoms with Gasteiger partial charge in [-0.25, -0.2) is 0 Å². The van der Waals surface area contributed by atoms with Crippen molar-refractivity contribution in [2.24, 2.45) is 11.7 Å². The van der Waals surface area contributed by atoms with Gasteiger partial charge in [-0.2, -0.15) is 0 Å². The van der Waals surface area contributed by atoms with E-state index < -0.39 is 0 Å². The molecule has 1 heterocycles. The molecule has 106 valence electrons. The lowest BCUT2D eigenvalue weighted by Crippen LogP contribution is -2.56. The average molecular weight is 252 g/mol. The normalized spacial score (nSPS) is 27.7. The first-order valence-corrected chi connectivity index (χ1v) is 8.26. The minimum Gasteiger partial charge on any atom is -0.329 e. The van der Waals surface area contributed by atoms with Crippen LogP contribution in [0.5, 0.6) is 0 Å². The van der Waals surface area contributed by atoms with E-state index in [1.807, 2.05) is 0 Å². The van der Waals surface area contributed by atoms with Gasteiger partial charge in [-0.15, -0.1) is 0 Å². The summed E-state index contributed by atoms with van der Waals surface area (Å²) in [6.07, 6.45) is 13.9. The van der Waals surface area contributed by atoms with Crippen molar-refractivity contribution >= 4 is 0 Å². The van der Waals surface area contributed by atoms with Gasteiger partial charge >= 0.3 is 0 Å². The topological polar surface area (TPSA) is 29.3 Å². The first-order chi connectivity index (χ1) is 8.80. The van der Waals surface area contributed by atoms with Crippen molar-refractivity contribution in [3.63, 3.8) is 0 Å². The molecular formula is C16H32N2. The molecule has 0 aromatic heterocycles. The predicted octanol–water partition coefficient (Wildman–Crippen LogP) is 3.55. The molecule has 2 N–H and O–H groups in total. The number of hydrogen-bond donors (Lipinski definition) is 1. The second kappa shape index (κ2) is 6.91. The van der Waals surface area contributed by atoms with Crippen molar-refractivity contribution in [3.8, 4) is 0 Å². The second-order valence-electron chi connectivity index (χ2n) is 6.53. The molecule has 0 unspecified atom stereocenters. The molecule has 18 heavy (non-hydrogen) atoms. The molecule has 2 rings (SSSR count). The van der Waals surface area contributed by atoms with Crippen LogP contribution in [0.2, 0.25) is 0 Å². The Labute approximate surface area is 113 Å². The van der Waals surface area contributed by atoms with E-state index in [-0.39, 0.29) is 0 Å². The number of nitrogens with two attached hydrogens (primary N) is 1. The first kappa shape index (κ1) is 14.3.